The topological polar surface area (TPSA) is 0 Å². The van der Waals surface area contributed by atoms with Crippen molar-refractivity contribution in [3.8, 4) is 0 Å². The van der Waals surface area contributed by atoms with Gasteiger partial charge in [0.05, 0.1) is 1.93 Å². The van der Waals surface area contributed by atoms with Gasteiger partial charge in [-0.1, -0.05) is 84.2 Å². The summed E-state index contributed by atoms with van der Waals surface area (Å²) >= 11 is 4.98. The molecular formula is C8H16I2. The number of unbranched alkanes of at least 4 members (excludes halogenated alkanes) is 4. The molecule has 0 radical (unpaired) electrons. The van der Waals surface area contributed by atoms with Gasteiger partial charge >= 0.3 is 0 Å². The molecule has 0 bridgehead atoms. The van der Waals surface area contributed by atoms with Gasteiger partial charge in [0.15, 0.2) is 0 Å². The number of rotatable bonds is 6. The van der Waals surface area contributed by atoms with Gasteiger partial charge in [-0.15, -0.1) is 0 Å². The van der Waals surface area contributed by atoms with Crippen molar-refractivity contribution in [1.29, 1.82) is 0 Å². The largest absolute Gasteiger partial charge is 0.0710 e. The van der Waals surface area contributed by atoms with Crippen LogP contribution in [0.3, 0.4) is 0 Å². The number of hydrogen-bond acceptors (Lipinski definition) is 0. The second-order valence-electron chi connectivity index (χ2n) is 2.59. The SMILES string of the molecule is CCCCCCCC(I)I. The van der Waals surface area contributed by atoms with Crippen molar-refractivity contribution in [2.75, 3.05) is 0 Å². The first-order valence-corrected chi connectivity index (χ1v) is 6.54. The van der Waals surface area contributed by atoms with Gasteiger partial charge in [-0.05, 0) is 6.42 Å². The van der Waals surface area contributed by atoms with Crippen molar-refractivity contribution in [3.05, 3.63) is 0 Å². The van der Waals surface area contributed by atoms with E-state index in [0.717, 1.165) is 1.93 Å². The second-order valence-corrected chi connectivity index (χ2v) is 7.98. The summed E-state index contributed by atoms with van der Waals surface area (Å²) in [6.07, 6.45) is 8.49. The fourth-order valence-corrected chi connectivity index (χ4v) is 1.78. The highest BCUT2D eigenvalue weighted by Gasteiger charge is 1.95. The van der Waals surface area contributed by atoms with Gasteiger partial charge in [-0.2, -0.15) is 0 Å². The van der Waals surface area contributed by atoms with Crippen molar-refractivity contribution in [1.82, 2.24) is 0 Å². The quantitative estimate of drug-likeness (QED) is 0.368. The molecule has 0 rings (SSSR count). The van der Waals surface area contributed by atoms with Crippen LogP contribution in [0, 0.1) is 0 Å². The smallest absolute Gasteiger partial charge is 0.0626 e. The van der Waals surface area contributed by atoms with E-state index in [1.165, 1.54) is 38.5 Å². The van der Waals surface area contributed by atoms with E-state index in [2.05, 4.69) is 52.1 Å². The Bertz CT molecular complexity index is 62.3. The molecule has 0 unspecified atom stereocenters. The maximum atomic E-state index is 2.49. The fourth-order valence-electron chi connectivity index (χ4n) is 0.902. The molecule has 0 nitrogen and oxygen atoms in total. The van der Waals surface area contributed by atoms with Crippen LogP contribution in [0.2, 0.25) is 0 Å². The highest BCUT2D eigenvalue weighted by atomic mass is 127. The predicted molar refractivity (Wildman–Crippen MR) is 65.2 cm³/mol. The Balaban J connectivity index is 2.77. The van der Waals surface area contributed by atoms with E-state index in [4.69, 9.17) is 0 Å². The number of hydrogen-bond donors (Lipinski definition) is 0. The molecule has 0 aliphatic carbocycles. The van der Waals surface area contributed by atoms with Crippen molar-refractivity contribution >= 4 is 45.2 Å². The van der Waals surface area contributed by atoms with Crippen molar-refractivity contribution in [2.45, 2.75) is 47.4 Å². The standard InChI is InChI=1S/C8H16I2/c1-2-3-4-5-6-7-8(9)10/h8H,2-7H2,1H3. The van der Waals surface area contributed by atoms with Crippen LogP contribution in [0.4, 0.5) is 0 Å². The van der Waals surface area contributed by atoms with Crippen LogP contribution < -0.4 is 0 Å². The Morgan fingerprint density at radius 3 is 2.10 bits per heavy atom. The number of halogens is 2. The molecule has 0 heterocycles. The first-order valence-electron chi connectivity index (χ1n) is 4.05. The van der Waals surface area contributed by atoms with Crippen LogP contribution in [-0.2, 0) is 0 Å². The van der Waals surface area contributed by atoms with E-state index in [-0.39, 0.29) is 0 Å². The summed E-state index contributed by atoms with van der Waals surface area (Å²) in [6, 6.07) is 0. The molecule has 2 heteroatoms. The lowest BCUT2D eigenvalue weighted by atomic mass is 10.1. The molecule has 0 aromatic rings. The lowest BCUT2D eigenvalue weighted by Crippen LogP contribution is -1.84. The minimum absolute atomic E-state index is 0.844. The zero-order valence-corrected chi connectivity index (χ0v) is 10.9. The minimum atomic E-state index is 0.844. The van der Waals surface area contributed by atoms with Crippen molar-refractivity contribution in [2.24, 2.45) is 0 Å². The zero-order chi connectivity index (χ0) is 7.82. The van der Waals surface area contributed by atoms with Gasteiger partial charge in [-0.25, -0.2) is 0 Å². The summed E-state index contributed by atoms with van der Waals surface area (Å²) in [4.78, 5) is 0. The van der Waals surface area contributed by atoms with Crippen LogP contribution in [0.25, 0.3) is 0 Å². The van der Waals surface area contributed by atoms with E-state index in [0.29, 0.717) is 0 Å². The van der Waals surface area contributed by atoms with Gasteiger partial charge in [-0.3, -0.25) is 0 Å². The third-order valence-electron chi connectivity index (χ3n) is 1.53. The summed E-state index contributed by atoms with van der Waals surface area (Å²) in [6.45, 7) is 2.26. The van der Waals surface area contributed by atoms with Crippen LogP contribution in [0.1, 0.15) is 45.4 Å². The van der Waals surface area contributed by atoms with Crippen molar-refractivity contribution < 1.29 is 0 Å². The Labute approximate surface area is 91.8 Å². The van der Waals surface area contributed by atoms with Gasteiger partial charge < -0.3 is 0 Å². The van der Waals surface area contributed by atoms with Crippen LogP contribution in [-0.4, -0.2) is 1.93 Å². The molecule has 0 aliphatic rings. The predicted octanol–water partition coefficient (Wildman–Crippen LogP) is 4.54. The van der Waals surface area contributed by atoms with Gasteiger partial charge in [0.25, 0.3) is 0 Å². The Hall–Kier alpha value is 1.46. The molecule has 62 valence electrons. The summed E-state index contributed by atoms with van der Waals surface area (Å²) in [5, 5.41) is 0. The maximum absolute atomic E-state index is 2.49. The molecule has 0 aliphatic heterocycles. The monoisotopic (exact) mass is 366 g/mol. The van der Waals surface area contributed by atoms with E-state index in [9.17, 15) is 0 Å². The van der Waals surface area contributed by atoms with E-state index in [1.54, 1.807) is 0 Å². The molecule has 0 N–H and O–H groups in total. The van der Waals surface area contributed by atoms with Gasteiger partial charge in [0.2, 0.25) is 0 Å². The zero-order valence-electron chi connectivity index (χ0n) is 6.58. The second kappa shape index (κ2) is 8.56. The number of alkyl halides is 2. The lowest BCUT2D eigenvalue weighted by molar-refractivity contribution is 0.626. The van der Waals surface area contributed by atoms with E-state index in [1.807, 2.05) is 0 Å². The van der Waals surface area contributed by atoms with E-state index >= 15 is 0 Å². The average molecular weight is 366 g/mol. The fraction of sp³-hybridized carbons (Fsp3) is 1.00. The van der Waals surface area contributed by atoms with Gasteiger partial charge in [0, 0.05) is 0 Å². The normalized spacial score (nSPS) is 10.8. The van der Waals surface area contributed by atoms with Crippen LogP contribution in [0.15, 0.2) is 0 Å². The van der Waals surface area contributed by atoms with Crippen LogP contribution in [0.5, 0.6) is 0 Å². The Morgan fingerprint density at radius 2 is 1.60 bits per heavy atom. The first kappa shape index (κ1) is 11.5. The molecule has 0 aromatic carbocycles. The van der Waals surface area contributed by atoms with E-state index < -0.39 is 0 Å². The molecule has 10 heavy (non-hydrogen) atoms. The lowest BCUT2D eigenvalue weighted by Gasteiger charge is -2.00. The molecule has 0 amide bonds. The maximum Gasteiger partial charge on any atom is 0.0626 e. The average Bonchev–Trinajstić information content (AvgIpc) is 1.87. The minimum Gasteiger partial charge on any atom is -0.0710 e. The molecular weight excluding hydrogens is 350 g/mol. The highest BCUT2D eigenvalue weighted by Crippen LogP contribution is 2.18. The van der Waals surface area contributed by atoms with Crippen LogP contribution >= 0.6 is 45.2 Å². The molecule has 0 saturated carbocycles. The van der Waals surface area contributed by atoms with Gasteiger partial charge in [0.1, 0.15) is 0 Å². The molecule has 0 aromatic heterocycles. The highest BCUT2D eigenvalue weighted by molar-refractivity contribution is 14.2. The first-order chi connectivity index (χ1) is 4.77. The molecule has 0 saturated heterocycles. The molecule has 0 fully saturated rings. The molecule has 0 atom stereocenters. The summed E-state index contributed by atoms with van der Waals surface area (Å²) < 4.78 is 0.844. The summed E-state index contributed by atoms with van der Waals surface area (Å²) in [7, 11) is 0. The Morgan fingerprint density at radius 1 is 1.00 bits per heavy atom. The Kier molecular flexibility index (Phi) is 9.80. The summed E-state index contributed by atoms with van der Waals surface area (Å²) in [5.41, 5.74) is 0. The molecule has 0 spiro atoms. The van der Waals surface area contributed by atoms with Crippen molar-refractivity contribution in [3.63, 3.8) is 0 Å². The summed E-state index contributed by atoms with van der Waals surface area (Å²) in [5.74, 6) is 0. The third kappa shape index (κ3) is 9.46. The third-order valence-corrected chi connectivity index (χ3v) is 2.77.